The van der Waals surface area contributed by atoms with Crippen molar-refractivity contribution in [2.24, 2.45) is 5.73 Å². The summed E-state index contributed by atoms with van der Waals surface area (Å²) in [6.07, 6.45) is 6.80. The Morgan fingerprint density at radius 2 is 1.70 bits per heavy atom. The van der Waals surface area contributed by atoms with Crippen molar-refractivity contribution in [3.63, 3.8) is 0 Å². The van der Waals surface area contributed by atoms with Gasteiger partial charge in [0.2, 0.25) is 5.91 Å². The van der Waals surface area contributed by atoms with E-state index in [0.29, 0.717) is 10.6 Å². The molecular weight excluding hydrogens is 394 g/mol. The molecule has 0 radical (unpaired) electrons. The molecule has 2 aromatic carbocycles. The maximum atomic E-state index is 12.3. The SMILES string of the molecule is Cc1ccc(C(N)=O)c(-c2ccc(N3CCCCCC3)nc2)c1-c1ccccc1Cl. The van der Waals surface area contributed by atoms with E-state index in [1.165, 1.54) is 25.7 Å². The van der Waals surface area contributed by atoms with Gasteiger partial charge in [-0.05, 0) is 55.2 Å². The molecule has 154 valence electrons. The van der Waals surface area contributed by atoms with Crippen LogP contribution in [0.2, 0.25) is 5.02 Å². The molecule has 1 amide bonds. The molecule has 0 aliphatic carbocycles. The summed E-state index contributed by atoms with van der Waals surface area (Å²) < 4.78 is 0. The summed E-state index contributed by atoms with van der Waals surface area (Å²) in [6.45, 7) is 4.09. The minimum atomic E-state index is -0.463. The van der Waals surface area contributed by atoms with Gasteiger partial charge in [0.1, 0.15) is 5.82 Å². The van der Waals surface area contributed by atoms with Crippen molar-refractivity contribution in [1.29, 1.82) is 0 Å². The summed E-state index contributed by atoms with van der Waals surface area (Å²) in [6, 6.07) is 15.5. The van der Waals surface area contributed by atoms with Crippen LogP contribution in [0.4, 0.5) is 5.82 Å². The number of primary amides is 1. The van der Waals surface area contributed by atoms with E-state index >= 15 is 0 Å². The predicted octanol–water partition coefficient (Wildman–Crippen LogP) is 5.86. The average Bonchev–Trinajstić information content (AvgIpc) is 3.04. The van der Waals surface area contributed by atoms with Crippen molar-refractivity contribution >= 4 is 23.3 Å². The van der Waals surface area contributed by atoms with Crippen LogP contribution in [0.1, 0.15) is 41.6 Å². The van der Waals surface area contributed by atoms with Gasteiger partial charge in [-0.1, -0.05) is 48.7 Å². The van der Waals surface area contributed by atoms with E-state index in [9.17, 15) is 4.79 Å². The molecule has 2 N–H and O–H groups in total. The highest BCUT2D eigenvalue weighted by molar-refractivity contribution is 6.33. The first kappa shape index (κ1) is 20.4. The normalized spacial score (nSPS) is 14.4. The molecule has 2 heterocycles. The fraction of sp³-hybridized carbons (Fsp3) is 0.280. The Hall–Kier alpha value is -2.85. The third kappa shape index (κ3) is 4.05. The number of hydrogen-bond donors (Lipinski definition) is 1. The first-order valence-corrected chi connectivity index (χ1v) is 10.8. The van der Waals surface area contributed by atoms with Gasteiger partial charge in [0.15, 0.2) is 0 Å². The lowest BCUT2D eigenvalue weighted by atomic mass is 9.87. The molecule has 3 aromatic rings. The number of aryl methyl sites for hydroxylation is 1. The summed E-state index contributed by atoms with van der Waals surface area (Å²) in [5.41, 5.74) is 10.7. The molecule has 0 spiro atoms. The van der Waals surface area contributed by atoms with E-state index in [1.54, 1.807) is 6.07 Å². The van der Waals surface area contributed by atoms with Crippen molar-refractivity contribution < 1.29 is 4.79 Å². The second-order valence-electron chi connectivity index (χ2n) is 7.83. The van der Waals surface area contributed by atoms with Gasteiger partial charge >= 0.3 is 0 Å². The fourth-order valence-electron chi connectivity index (χ4n) is 4.24. The van der Waals surface area contributed by atoms with Gasteiger partial charge in [-0.15, -0.1) is 0 Å². The summed E-state index contributed by atoms with van der Waals surface area (Å²) in [4.78, 5) is 19.4. The molecule has 0 atom stereocenters. The van der Waals surface area contributed by atoms with Crippen LogP contribution in [-0.4, -0.2) is 24.0 Å². The number of halogens is 1. The third-order valence-electron chi connectivity index (χ3n) is 5.79. The predicted molar refractivity (Wildman–Crippen MR) is 124 cm³/mol. The van der Waals surface area contributed by atoms with Crippen molar-refractivity contribution in [1.82, 2.24) is 4.98 Å². The van der Waals surface area contributed by atoms with Gasteiger partial charge in [0, 0.05) is 46.6 Å². The Balaban J connectivity index is 1.84. The van der Waals surface area contributed by atoms with Crippen LogP contribution in [0.5, 0.6) is 0 Å². The maximum Gasteiger partial charge on any atom is 0.249 e. The molecule has 1 saturated heterocycles. The molecule has 30 heavy (non-hydrogen) atoms. The Kier molecular flexibility index (Phi) is 6.05. The standard InChI is InChI=1S/C25H26ClN3O/c1-17-10-12-20(25(27)30)24(23(17)19-8-4-5-9-21(19)26)18-11-13-22(28-16-18)29-14-6-2-3-7-15-29/h4-5,8-13,16H,2-3,6-7,14-15H2,1H3,(H2,27,30). The van der Waals surface area contributed by atoms with Gasteiger partial charge in [0.25, 0.3) is 0 Å². The topological polar surface area (TPSA) is 59.2 Å². The highest BCUT2D eigenvalue weighted by Crippen LogP contribution is 2.40. The summed E-state index contributed by atoms with van der Waals surface area (Å²) in [7, 11) is 0. The van der Waals surface area contributed by atoms with Gasteiger partial charge in [-0.2, -0.15) is 0 Å². The van der Waals surface area contributed by atoms with Crippen molar-refractivity contribution in [3.05, 3.63) is 70.9 Å². The number of hydrogen-bond acceptors (Lipinski definition) is 3. The zero-order valence-corrected chi connectivity index (χ0v) is 18.0. The number of aromatic nitrogens is 1. The first-order chi connectivity index (χ1) is 14.6. The molecule has 0 saturated carbocycles. The van der Waals surface area contributed by atoms with E-state index in [0.717, 1.165) is 46.7 Å². The van der Waals surface area contributed by atoms with E-state index in [-0.39, 0.29) is 0 Å². The number of anilines is 1. The first-order valence-electron chi connectivity index (χ1n) is 10.5. The highest BCUT2D eigenvalue weighted by atomic mass is 35.5. The van der Waals surface area contributed by atoms with E-state index < -0.39 is 5.91 Å². The van der Waals surface area contributed by atoms with Crippen LogP contribution < -0.4 is 10.6 Å². The molecule has 4 nitrogen and oxygen atoms in total. The molecule has 1 aliphatic heterocycles. The number of benzene rings is 2. The van der Waals surface area contributed by atoms with Crippen LogP contribution in [0.3, 0.4) is 0 Å². The molecule has 5 heteroatoms. The lowest BCUT2D eigenvalue weighted by molar-refractivity contribution is 0.100. The molecule has 0 bridgehead atoms. The van der Waals surface area contributed by atoms with E-state index in [2.05, 4.69) is 4.90 Å². The van der Waals surface area contributed by atoms with Crippen molar-refractivity contribution in [2.45, 2.75) is 32.6 Å². The number of nitrogens with zero attached hydrogens (tertiary/aromatic N) is 2. The van der Waals surface area contributed by atoms with Crippen LogP contribution in [0.15, 0.2) is 54.7 Å². The molecule has 1 fully saturated rings. The van der Waals surface area contributed by atoms with Crippen molar-refractivity contribution in [2.75, 3.05) is 18.0 Å². The number of nitrogens with two attached hydrogens (primary N) is 1. The van der Waals surface area contributed by atoms with Crippen LogP contribution in [0.25, 0.3) is 22.3 Å². The van der Waals surface area contributed by atoms with Crippen LogP contribution in [-0.2, 0) is 0 Å². The zero-order valence-electron chi connectivity index (χ0n) is 17.2. The number of carbonyl (C=O) groups is 1. The Morgan fingerprint density at radius 1 is 0.967 bits per heavy atom. The van der Waals surface area contributed by atoms with Crippen molar-refractivity contribution in [3.8, 4) is 22.3 Å². The molecule has 4 rings (SSSR count). The summed E-state index contributed by atoms with van der Waals surface area (Å²) in [5.74, 6) is 0.517. The monoisotopic (exact) mass is 419 g/mol. The smallest absolute Gasteiger partial charge is 0.249 e. The number of carbonyl (C=O) groups excluding carboxylic acids is 1. The second-order valence-corrected chi connectivity index (χ2v) is 8.24. The Labute approximate surface area is 182 Å². The third-order valence-corrected chi connectivity index (χ3v) is 6.12. The molecule has 1 aliphatic rings. The fourth-order valence-corrected chi connectivity index (χ4v) is 4.47. The molecule has 1 aromatic heterocycles. The average molecular weight is 420 g/mol. The summed E-state index contributed by atoms with van der Waals surface area (Å²) >= 11 is 6.53. The number of pyridine rings is 1. The molecule has 0 unspecified atom stereocenters. The van der Waals surface area contributed by atoms with Gasteiger partial charge in [-0.25, -0.2) is 4.98 Å². The Morgan fingerprint density at radius 3 is 2.33 bits per heavy atom. The lowest BCUT2D eigenvalue weighted by Crippen LogP contribution is -2.24. The number of amides is 1. The minimum absolute atomic E-state index is 0.463. The van der Waals surface area contributed by atoms with Gasteiger partial charge in [0.05, 0.1) is 0 Å². The quantitative estimate of drug-likeness (QED) is 0.576. The van der Waals surface area contributed by atoms with E-state index in [4.69, 9.17) is 22.3 Å². The van der Waals surface area contributed by atoms with Crippen LogP contribution in [0, 0.1) is 6.92 Å². The Bertz CT molecular complexity index is 1050. The zero-order chi connectivity index (χ0) is 21.1. The van der Waals surface area contributed by atoms with Gasteiger partial charge < -0.3 is 10.6 Å². The van der Waals surface area contributed by atoms with E-state index in [1.807, 2.05) is 55.6 Å². The lowest BCUT2D eigenvalue weighted by Gasteiger charge is -2.22. The largest absolute Gasteiger partial charge is 0.366 e. The maximum absolute atomic E-state index is 12.3. The minimum Gasteiger partial charge on any atom is -0.366 e. The molecular formula is C25H26ClN3O. The second kappa shape index (κ2) is 8.88. The number of rotatable bonds is 4. The van der Waals surface area contributed by atoms with Gasteiger partial charge in [-0.3, -0.25) is 4.79 Å². The highest BCUT2D eigenvalue weighted by Gasteiger charge is 2.20. The summed E-state index contributed by atoms with van der Waals surface area (Å²) in [5, 5.41) is 0.637. The van der Waals surface area contributed by atoms with Crippen LogP contribution >= 0.6 is 11.6 Å².